The number of aromatic nitrogens is 1. The molecule has 1 amide bonds. The lowest BCUT2D eigenvalue weighted by Crippen LogP contribution is -2.11. The van der Waals surface area contributed by atoms with Gasteiger partial charge in [-0.1, -0.05) is 23.7 Å². The second-order valence-electron chi connectivity index (χ2n) is 4.90. The molecule has 0 atom stereocenters. The van der Waals surface area contributed by atoms with E-state index in [0.29, 0.717) is 22.1 Å². The SMILES string of the molecule is O=C(Nc1ncc(Cc2cccc(Cl)c2)s1)c1ccc(F)cc1. The van der Waals surface area contributed by atoms with Crippen molar-refractivity contribution in [3.8, 4) is 0 Å². The van der Waals surface area contributed by atoms with E-state index in [0.717, 1.165) is 10.4 Å². The molecule has 0 bridgehead atoms. The molecule has 0 fully saturated rings. The number of thiazole rings is 1. The van der Waals surface area contributed by atoms with Gasteiger partial charge in [0.25, 0.3) is 5.91 Å². The summed E-state index contributed by atoms with van der Waals surface area (Å²) in [6, 6.07) is 13.0. The maximum absolute atomic E-state index is 12.9. The topological polar surface area (TPSA) is 42.0 Å². The Morgan fingerprint density at radius 1 is 1.22 bits per heavy atom. The van der Waals surface area contributed by atoms with Gasteiger partial charge in [0.15, 0.2) is 5.13 Å². The number of carbonyl (C=O) groups is 1. The van der Waals surface area contributed by atoms with E-state index in [1.165, 1.54) is 35.6 Å². The second kappa shape index (κ2) is 6.89. The lowest BCUT2D eigenvalue weighted by atomic mass is 10.1. The molecule has 3 aromatic rings. The van der Waals surface area contributed by atoms with E-state index in [4.69, 9.17) is 11.6 Å². The van der Waals surface area contributed by atoms with Crippen molar-refractivity contribution in [1.82, 2.24) is 4.98 Å². The van der Waals surface area contributed by atoms with Crippen LogP contribution in [0.1, 0.15) is 20.8 Å². The highest BCUT2D eigenvalue weighted by atomic mass is 35.5. The monoisotopic (exact) mass is 346 g/mol. The van der Waals surface area contributed by atoms with E-state index < -0.39 is 0 Å². The van der Waals surface area contributed by atoms with Crippen LogP contribution in [-0.4, -0.2) is 10.9 Å². The number of carbonyl (C=O) groups excluding carboxylic acids is 1. The standard InChI is InChI=1S/C17H12ClFN2OS/c18-13-3-1-2-11(8-13)9-15-10-20-17(23-15)21-16(22)12-4-6-14(19)7-5-12/h1-8,10H,9H2,(H,20,21,22). The van der Waals surface area contributed by atoms with Crippen LogP contribution in [0.2, 0.25) is 5.02 Å². The smallest absolute Gasteiger partial charge is 0.257 e. The third kappa shape index (κ3) is 4.15. The second-order valence-corrected chi connectivity index (χ2v) is 6.45. The summed E-state index contributed by atoms with van der Waals surface area (Å²) in [7, 11) is 0. The van der Waals surface area contributed by atoms with Crippen LogP contribution in [0.4, 0.5) is 9.52 Å². The fourth-order valence-electron chi connectivity index (χ4n) is 2.07. The van der Waals surface area contributed by atoms with Crippen molar-refractivity contribution in [2.24, 2.45) is 0 Å². The van der Waals surface area contributed by atoms with Crippen molar-refractivity contribution in [2.45, 2.75) is 6.42 Å². The van der Waals surface area contributed by atoms with Gasteiger partial charge in [0.2, 0.25) is 0 Å². The Morgan fingerprint density at radius 3 is 2.74 bits per heavy atom. The quantitative estimate of drug-likeness (QED) is 0.738. The molecule has 1 heterocycles. The van der Waals surface area contributed by atoms with Crippen molar-refractivity contribution in [3.05, 3.63) is 81.6 Å². The van der Waals surface area contributed by atoms with Gasteiger partial charge in [-0.3, -0.25) is 10.1 Å². The summed E-state index contributed by atoms with van der Waals surface area (Å²) < 4.78 is 12.9. The van der Waals surface area contributed by atoms with E-state index >= 15 is 0 Å². The third-order valence-corrected chi connectivity index (χ3v) is 4.30. The Morgan fingerprint density at radius 2 is 2.00 bits per heavy atom. The van der Waals surface area contributed by atoms with Crippen LogP contribution in [0, 0.1) is 5.82 Å². The van der Waals surface area contributed by atoms with Crippen LogP contribution in [0.25, 0.3) is 0 Å². The van der Waals surface area contributed by atoms with Crippen LogP contribution in [-0.2, 0) is 6.42 Å². The van der Waals surface area contributed by atoms with Gasteiger partial charge in [-0.25, -0.2) is 9.37 Å². The highest BCUT2D eigenvalue weighted by Crippen LogP contribution is 2.23. The number of rotatable bonds is 4. The fourth-order valence-corrected chi connectivity index (χ4v) is 3.12. The molecule has 0 unspecified atom stereocenters. The van der Waals surface area contributed by atoms with Crippen LogP contribution in [0.3, 0.4) is 0 Å². The molecule has 0 saturated carbocycles. The predicted octanol–water partition coefficient (Wildman–Crippen LogP) is 4.78. The molecule has 0 saturated heterocycles. The van der Waals surface area contributed by atoms with Crippen LogP contribution in [0.15, 0.2) is 54.7 Å². The summed E-state index contributed by atoms with van der Waals surface area (Å²) in [5.41, 5.74) is 1.47. The number of hydrogen-bond acceptors (Lipinski definition) is 3. The Balaban J connectivity index is 1.67. The molecule has 1 aromatic heterocycles. The van der Waals surface area contributed by atoms with Gasteiger partial charge in [-0.2, -0.15) is 0 Å². The molecule has 0 aliphatic carbocycles. The van der Waals surface area contributed by atoms with E-state index in [-0.39, 0.29) is 11.7 Å². The average molecular weight is 347 g/mol. The lowest BCUT2D eigenvalue weighted by Gasteiger charge is -2.01. The van der Waals surface area contributed by atoms with Crippen LogP contribution < -0.4 is 5.32 Å². The van der Waals surface area contributed by atoms with Crippen molar-refractivity contribution in [1.29, 1.82) is 0 Å². The van der Waals surface area contributed by atoms with Gasteiger partial charge in [0.05, 0.1) is 0 Å². The third-order valence-electron chi connectivity index (χ3n) is 3.15. The zero-order valence-corrected chi connectivity index (χ0v) is 13.5. The van der Waals surface area contributed by atoms with Gasteiger partial charge in [0, 0.05) is 28.1 Å². The summed E-state index contributed by atoms with van der Waals surface area (Å²) in [6.45, 7) is 0. The average Bonchev–Trinajstić information content (AvgIpc) is 2.95. The summed E-state index contributed by atoms with van der Waals surface area (Å²) in [4.78, 5) is 17.3. The van der Waals surface area contributed by atoms with E-state index in [1.54, 1.807) is 6.20 Å². The number of nitrogens with zero attached hydrogens (tertiary/aromatic N) is 1. The van der Waals surface area contributed by atoms with Gasteiger partial charge < -0.3 is 0 Å². The normalized spacial score (nSPS) is 10.5. The molecule has 0 spiro atoms. The first kappa shape index (κ1) is 15.6. The van der Waals surface area contributed by atoms with Gasteiger partial charge in [-0.15, -0.1) is 11.3 Å². The van der Waals surface area contributed by atoms with Crippen LogP contribution >= 0.6 is 22.9 Å². The Hall–Kier alpha value is -2.24. The van der Waals surface area contributed by atoms with Gasteiger partial charge in [-0.05, 0) is 42.0 Å². The molecule has 6 heteroatoms. The molecule has 0 aliphatic heterocycles. The number of amides is 1. The molecule has 1 N–H and O–H groups in total. The molecule has 3 rings (SSSR count). The number of anilines is 1. The molecule has 0 aliphatic rings. The number of nitrogens with one attached hydrogen (secondary N) is 1. The maximum Gasteiger partial charge on any atom is 0.257 e. The van der Waals surface area contributed by atoms with Gasteiger partial charge >= 0.3 is 0 Å². The first-order chi connectivity index (χ1) is 11.1. The molecule has 116 valence electrons. The summed E-state index contributed by atoms with van der Waals surface area (Å²) >= 11 is 7.37. The van der Waals surface area contributed by atoms with E-state index in [1.807, 2.05) is 24.3 Å². The number of benzene rings is 2. The highest BCUT2D eigenvalue weighted by molar-refractivity contribution is 7.15. The predicted molar refractivity (Wildman–Crippen MR) is 90.7 cm³/mol. The van der Waals surface area contributed by atoms with Crippen molar-refractivity contribution >= 4 is 34.0 Å². The van der Waals surface area contributed by atoms with E-state index in [9.17, 15) is 9.18 Å². The molecule has 3 nitrogen and oxygen atoms in total. The minimum atomic E-state index is -0.375. The minimum absolute atomic E-state index is 0.311. The van der Waals surface area contributed by atoms with Crippen molar-refractivity contribution < 1.29 is 9.18 Å². The Bertz CT molecular complexity index is 833. The number of halogens is 2. The maximum atomic E-state index is 12.9. The summed E-state index contributed by atoms with van der Waals surface area (Å²) in [5, 5.41) is 3.92. The van der Waals surface area contributed by atoms with Crippen molar-refractivity contribution in [3.63, 3.8) is 0 Å². The van der Waals surface area contributed by atoms with Crippen LogP contribution in [0.5, 0.6) is 0 Å². The number of hydrogen-bond donors (Lipinski definition) is 1. The Kier molecular flexibility index (Phi) is 4.69. The van der Waals surface area contributed by atoms with Gasteiger partial charge in [0.1, 0.15) is 5.82 Å². The molecular formula is C17H12ClFN2OS. The molecule has 23 heavy (non-hydrogen) atoms. The fraction of sp³-hybridized carbons (Fsp3) is 0.0588. The highest BCUT2D eigenvalue weighted by Gasteiger charge is 2.09. The minimum Gasteiger partial charge on any atom is -0.298 e. The summed E-state index contributed by atoms with van der Waals surface area (Å²) in [5.74, 6) is -0.687. The summed E-state index contributed by atoms with van der Waals surface area (Å²) in [6.07, 6.45) is 2.43. The lowest BCUT2D eigenvalue weighted by molar-refractivity contribution is 0.102. The Labute approximate surface area is 141 Å². The van der Waals surface area contributed by atoms with Crippen molar-refractivity contribution in [2.75, 3.05) is 5.32 Å². The first-order valence-corrected chi connectivity index (χ1v) is 8.06. The zero-order chi connectivity index (χ0) is 16.2. The first-order valence-electron chi connectivity index (χ1n) is 6.86. The molecule has 2 aromatic carbocycles. The molecular weight excluding hydrogens is 335 g/mol. The molecule has 0 radical (unpaired) electrons. The zero-order valence-electron chi connectivity index (χ0n) is 11.9. The van der Waals surface area contributed by atoms with E-state index in [2.05, 4.69) is 10.3 Å². The largest absolute Gasteiger partial charge is 0.298 e.